The maximum absolute atomic E-state index is 5.76. The van der Waals surface area contributed by atoms with Crippen LogP contribution in [0.2, 0.25) is 0 Å². The Balaban J connectivity index is 2.11. The third kappa shape index (κ3) is 3.91. The maximum Gasteiger partial charge on any atom is 0.129 e. The molecule has 3 nitrogen and oxygen atoms in total. The molecule has 0 unspecified atom stereocenters. The van der Waals surface area contributed by atoms with Gasteiger partial charge in [-0.05, 0) is 43.6 Å². The van der Waals surface area contributed by atoms with Gasteiger partial charge < -0.3 is 10.5 Å². The average Bonchev–Trinajstić information content (AvgIpc) is 2.67. The molecule has 4 heteroatoms. The van der Waals surface area contributed by atoms with Gasteiger partial charge in [0, 0.05) is 6.54 Å². The molecule has 1 aromatic rings. The van der Waals surface area contributed by atoms with Gasteiger partial charge in [-0.1, -0.05) is 31.1 Å². The molecule has 0 spiro atoms. The van der Waals surface area contributed by atoms with Crippen molar-refractivity contribution < 1.29 is 4.74 Å². The van der Waals surface area contributed by atoms with Gasteiger partial charge in [0.2, 0.25) is 0 Å². The molecule has 0 amide bonds. The van der Waals surface area contributed by atoms with Crippen LogP contribution >= 0.6 is 12.2 Å². The van der Waals surface area contributed by atoms with Crippen molar-refractivity contribution in [3.05, 3.63) is 29.3 Å². The van der Waals surface area contributed by atoms with E-state index in [-0.39, 0.29) is 0 Å². The Morgan fingerprint density at radius 3 is 2.53 bits per heavy atom. The summed E-state index contributed by atoms with van der Waals surface area (Å²) in [6, 6.07) is 6.12. The van der Waals surface area contributed by atoms with Crippen molar-refractivity contribution in [2.45, 2.75) is 32.2 Å². The lowest BCUT2D eigenvalue weighted by atomic mass is 10.1. The van der Waals surface area contributed by atoms with Gasteiger partial charge in [0.05, 0.1) is 12.7 Å². The SMILES string of the molecule is COc1ccc(CN2CCCCCC2)cc1C(N)=S. The van der Waals surface area contributed by atoms with E-state index in [1.807, 2.05) is 6.07 Å². The summed E-state index contributed by atoms with van der Waals surface area (Å²) >= 11 is 5.09. The van der Waals surface area contributed by atoms with Crippen molar-refractivity contribution in [2.75, 3.05) is 20.2 Å². The summed E-state index contributed by atoms with van der Waals surface area (Å²) < 4.78 is 5.29. The number of nitrogens with zero attached hydrogens (tertiary/aromatic N) is 1. The van der Waals surface area contributed by atoms with E-state index in [0.717, 1.165) is 17.9 Å². The minimum Gasteiger partial charge on any atom is -0.496 e. The van der Waals surface area contributed by atoms with Crippen molar-refractivity contribution in [3.63, 3.8) is 0 Å². The standard InChI is InChI=1S/C15H22N2OS/c1-18-14-7-6-12(10-13(14)15(16)19)11-17-8-4-2-3-5-9-17/h6-7,10H,2-5,8-9,11H2,1H3,(H2,16,19). The van der Waals surface area contributed by atoms with Gasteiger partial charge in [-0.3, -0.25) is 4.90 Å². The quantitative estimate of drug-likeness (QED) is 0.860. The number of benzene rings is 1. The zero-order valence-corrected chi connectivity index (χ0v) is 12.3. The molecule has 0 saturated carbocycles. The van der Waals surface area contributed by atoms with Crippen LogP contribution in [0.25, 0.3) is 0 Å². The van der Waals surface area contributed by atoms with E-state index >= 15 is 0 Å². The lowest BCUT2D eigenvalue weighted by Crippen LogP contribution is -2.24. The molecule has 0 bridgehead atoms. The second-order valence-corrected chi connectivity index (χ2v) is 5.53. The Labute approximate surface area is 120 Å². The van der Waals surface area contributed by atoms with E-state index in [0.29, 0.717) is 4.99 Å². The number of thiocarbonyl (C=S) groups is 1. The molecule has 1 aliphatic heterocycles. The molecule has 1 aliphatic rings. The van der Waals surface area contributed by atoms with Crippen molar-refractivity contribution in [1.29, 1.82) is 0 Å². The van der Waals surface area contributed by atoms with Crippen molar-refractivity contribution >= 4 is 17.2 Å². The average molecular weight is 278 g/mol. The van der Waals surface area contributed by atoms with E-state index in [4.69, 9.17) is 22.7 Å². The summed E-state index contributed by atoms with van der Waals surface area (Å²) in [5.74, 6) is 0.757. The number of hydrogen-bond acceptors (Lipinski definition) is 3. The Hall–Kier alpha value is -1.13. The molecule has 0 atom stereocenters. The lowest BCUT2D eigenvalue weighted by molar-refractivity contribution is 0.277. The molecule has 0 aromatic heterocycles. The number of rotatable bonds is 4. The lowest BCUT2D eigenvalue weighted by Gasteiger charge is -2.20. The van der Waals surface area contributed by atoms with E-state index in [1.54, 1.807) is 7.11 Å². The van der Waals surface area contributed by atoms with Gasteiger partial charge in [0.25, 0.3) is 0 Å². The smallest absolute Gasteiger partial charge is 0.129 e. The largest absolute Gasteiger partial charge is 0.496 e. The summed E-state index contributed by atoms with van der Waals surface area (Å²) in [4.78, 5) is 2.91. The van der Waals surface area contributed by atoms with Crippen LogP contribution in [0.15, 0.2) is 18.2 Å². The molecule has 0 aliphatic carbocycles. The Kier molecular flexibility index (Phi) is 5.16. The minimum absolute atomic E-state index is 0.398. The molecule has 1 heterocycles. The van der Waals surface area contributed by atoms with Gasteiger partial charge in [0.1, 0.15) is 10.7 Å². The third-order valence-corrected chi connectivity index (χ3v) is 3.85. The Morgan fingerprint density at radius 2 is 1.95 bits per heavy atom. The summed E-state index contributed by atoms with van der Waals surface area (Å²) in [7, 11) is 1.64. The van der Waals surface area contributed by atoms with Crippen molar-refractivity contribution in [1.82, 2.24) is 4.90 Å². The van der Waals surface area contributed by atoms with Gasteiger partial charge >= 0.3 is 0 Å². The molecule has 1 fully saturated rings. The number of methoxy groups -OCH3 is 1. The van der Waals surface area contributed by atoms with Crippen LogP contribution in [0, 0.1) is 0 Å². The summed E-state index contributed by atoms with van der Waals surface area (Å²) in [6.45, 7) is 3.35. The number of hydrogen-bond donors (Lipinski definition) is 1. The van der Waals surface area contributed by atoms with Crippen LogP contribution in [0.1, 0.15) is 36.8 Å². The fraction of sp³-hybridized carbons (Fsp3) is 0.533. The highest BCUT2D eigenvalue weighted by molar-refractivity contribution is 7.80. The molecular weight excluding hydrogens is 256 g/mol. The molecule has 1 aromatic carbocycles. The number of likely N-dealkylation sites (tertiary alicyclic amines) is 1. The van der Waals surface area contributed by atoms with Crippen LogP contribution in [0.4, 0.5) is 0 Å². The molecule has 2 N–H and O–H groups in total. The van der Waals surface area contributed by atoms with Crippen LogP contribution in [-0.4, -0.2) is 30.1 Å². The monoisotopic (exact) mass is 278 g/mol. The van der Waals surface area contributed by atoms with Crippen molar-refractivity contribution in [3.8, 4) is 5.75 Å². The second-order valence-electron chi connectivity index (χ2n) is 5.09. The zero-order valence-electron chi connectivity index (χ0n) is 11.5. The van der Waals surface area contributed by atoms with Crippen LogP contribution in [0.5, 0.6) is 5.75 Å². The minimum atomic E-state index is 0.398. The van der Waals surface area contributed by atoms with Crippen LogP contribution < -0.4 is 10.5 Å². The predicted octanol–water partition coefficient (Wildman–Crippen LogP) is 2.71. The van der Waals surface area contributed by atoms with Gasteiger partial charge in [-0.25, -0.2) is 0 Å². The van der Waals surface area contributed by atoms with Crippen LogP contribution in [0.3, 0.4) is 0 Å². The van der Waals surface area contributed by atoms with E-state index < -0.39 is 0 Å². The van der Waals surface area contributed by atoms with Crippen molar-refractivity contribution in [2.24, 2.45) is 5.73 Å². The Morgan fingerprint density at radius 1 is 1.26 bits per heavy atom. The third-order valence-electron chi connectivity index (χ3n) is 3.63. The first-order valence-corrected chi connectivity index (χ1v) is 7.30. The van der Waals surface area contributed by atoms with Gasteiger partial charge in [-0.15, -0.1) is 0 Å². The fourth-order valence-electron chi connectivity index (χ4n) is 2.60. The molecule has 0 radical (unpaired) electrons. The predicted molar refractivity (Wildman–Crippen MR) is 82.6 cm³/mol. The van der Waals surface area contributed by atoms with Crippen LogP contribution in [-0.2, 0) is 6.54 Å². The Bertz CT molecular complexity index is 440. The first-order valence-electron chi connectivity index (χ1n) is 6.90. The van der Waals surface area contributed by atoms with Gasteiger partial charge in [0.15, 0.2) is 0 Å². The van der Waals surface area contributed by atoms with Gasteiger partial charge in [-0.2, -0.15) is 0 Å². The molecule has 104 valence electrons. The molecule has 19 heavy (non-hydrogen) atoms. The number of nitrogens with two attached hydrogens (primary N) is 1. The summed E-state index contributed by atoms with van der Waals surface area (Å²) in [5.41, 5.74) is 7.85. The highest BCUT2D eigenvalue weighted by atomic mass is 32.1. The summed E-state index contributed by atoms with van der Waals surface area (Å²) in [5, 5.41) is 0. The normalized spacial score (nSPS) is 16.9. The highest BCUT2D eigenvalue weighted by Gasteiger charge is 2.12. The molecular formula is C15H22N2OS. The topological polar surface area (TPSA) is 38.5 Å². The first kappa shape index (κ1) is 14.3. The van der Waals surface area contributed by atoms with E-state index in [2.05, 4.69) is 17.0 Å². The molecule has 1 saturated heterocycles. The zero-order chi connectivity index (χ0) is 13.7. The maximum atomic E-state index is 5.76. The van der Waals surface area contributed by atoms with E-state index in [9.17, 15) is 0 Å². The number of ether oxygens (including phenoxy) is 1. The highest BCUT2D eigenvalue weighted by Crippen LogP contribution is 2.21. The molecule has 2 rings (SSSR count). The first-order chi connectivity index (χ1) is 9.20. The second kappa shape index (κ2) is 6.87. The fourth-order valence-corrected chi connectivity index (χ4v) is 2.76. The summed E-state index contributed by atoms with van der Waals surface area (Å²) in [6.07, 6.45) is 5.32. The van der Waals surface area contributed by atoms with E-state index in [1.165, 1.54) is 44.3 Å².